The number of aromatic nitrogens is 2. The highest BCUT2D eigenvalue weighted by Crippen LogP contribution is 2.32. The molecule has 0 bridgehead atoms. The second-order valence-corrected chi connectivity index (χ2v) is 10.2. The Morgan fingerprint density at radius 2 is 1.72 bits per heavy atom. The molecule has 0 saturated carbocycles. The first-order valence-corrected chi connectivity index (χ1v) is 11.2. The van der Waals surface area contributed by atoms with Crippen molar-refractivity contribution in [2.24, 2.45) is 0 Å². The molecule has 0 aliphatic heterocycles. The fraction of sp³-hybridized carbons (Fsp3) is 0.571. The SMILES string of the molecule is COc1cc(C(C)NS(=O)(=O)c2c(C)nn(C(C)(C)C)c2C)ccc1OC(C)C. The van der Waals surface area contributed by atoms with Crippen molar-refractivity contribution in [3.8, 4) is 11.5 Å². The minimum absolute atomic E-state index is 0.0102. The maximum Gasteiger partial charge on any atom is 0.244 e. The minimum Gasteiger partial charge on any atom is -0.493 e. The standard InChI is InChI=1S/C21H33N3O4S/c1-13(2)28-18-11-10-17(12-19(18)27-9)14(3)23-29(25,26)20-15(4)22-24(16(20)5)21(6,7)8/h10-14,23H,1-9H3. The Kier molecular flexibility index (Phi) is 6.69. The van der Waals surface area contributed by atoms with E-state index in [0.717, 1.165) is 5.56 Å². The fourth-order valence-corrected chi connectivity index (χ4v) is 4.96. The van der Waals surface area contributed by atoms with E-state index in [2.05, 4.69) is 9.82 Å². The number of benzene rings is 1. The van der Waals surface area contributed by atoms with Crippen molar-refractivity contribution < 1.29 is 17.9 Å². The van der Waals surface area contributed by atoms with Crippen molar-refractivity contribution in [1.82, 2.24) is 14.5 Å². The van der Waals surface area contributed by atoms with Crippen LogP contribution in [-0.4, -0.2) is 31.4 Å². The highest BCUT2D eigenvalue weighted by Gasteiger charge is 2.29. The van der Waals surface area contributed by atoms with E-state index in [1.54, 1.807) is 44.7 Å². The Morgan fingerprint density at radius 1 is 1.10 bits per heavy atom. The van der Waals surface area contributed by atoms with Gasteiger partial charge in [0.1, 0.15) is 4.90 Å². The molecule has 1 N–H and O–H groups in total. The molecule has 1 aromatic carbocycles. The zero-order valence-electron chi connectivity index (χ0n) is 18.8. The van der Waals surface area contributed by atoms with E-state index in [-0.39, 0.29) is 16.5 Å². The Bertz CT molecular complexity index is 973. The van der Waals surface area contributed by atoms with Crippen molar-refractivity contribution >= 4 is 10.0 Å². The lowest BCUT2D eigenvalue weighted by Gasteiger charge is -2.22. The van der Waals surface area contributed by atoms with E-state index in [0.29, 0.717) is 22.9 Å². The van der Waals surface area contributed by atoms with Crippen LogP contribution >= 0.6 is 0 Å². The molecule has 0 aliphatic carbocycles. The van der Waals surface area contributed by atoms with Crippen LogP contribution in [0.25, 0.3) is 0 Å². The van der Waals surface area contributed by atoms with E-state index >= 15 is 0 Å². The van der Waals surface area contributed by atoms with E-state index in [9.17, 15) is 8.42 Å². The average molecular weight is 424 g/mol. The molecule has 162 valence electrons. The van der Waals surface area contributed by atoms with E-state index in [1.165, 1.54) is 0 Å². The number of hydrogen-bond donors (Lipinski definition) is 1. The molecule has 7 nitrogen and oxygen atoms in total. The molecule has 0 saturated heterocycles. The van der Waals surface area contributed by atoms with Crippen molar-refractivity contribution in [3.63, 3.8) is 0 Å². The largest absolute Gasteiger partial charge is 0.493 e. The number of hydrogen-bond acceptors (Lipinski definition) is 5. The lowest BCUT2D eigenvalue weighted by molar-refractivity contribution is 0.230. The third-order valence-electron chi connectivity index (χ3n) is 4.51. The number of sulfonamides is 1. The highest BCUT2D eigenvalue weighted by molar-refractivity contribution is 7.89. The first-order chi connectivity index (χ1) is 13.3. The summed E-state index contributed by atoms with van der Waals surface area (Å²) in [5.74, 6) is 1.19. The molecular weight excluding hydrogens is 390 g/mol. The van der Waals surface area contributed by atoms with E-state index < -0.39 is 16.1 Å². The van der Waals surface area contributed by atoms with Gasteiger partial charge in [0.2, 0.25) is 10.0 Å². The van der Waals surface area contributed by atoms with Gasteiger partial charge >= 0.3 is 0 Å². The number of methoxy groups -OCH3 is 1. The monoisotopic (exact) mass is 423 g/mol. The zero-order chi connectivity index (χ0) is 22.1. The first kappa shape index (κ1) is 23.2. The molecule has 1 heterocycles. The average Bonchev–Trinajstić information content (AvgIpc) is 2.89. The maximum atomic E-state index is 13.1. The van der Waals surface area contributed by atoms with Crippen molar-refractivity contribution in [3.05, 3.63) is 35.2 Å². The van der Waals surface area contributed by atoms with Gasteiger partial charge in [0, 0.05) is 6.04 Å². The molecule has 0 fully saturated rings. The molecule has 2 rings (SSSR count). The Labute approximate surface area is 174 Å². The third-order valence-corrected chi connectivity index (χ3v) is 6.30. The van der Waals surface area contributed by atoms with Crippen LogP contribution in [0.1, 0.15) is 64.5 Å². The summed E-state index contributed by atoms with van der Waals surface area (Å²) in [6, 6.07) is 4.97. The summed E-state index contributed by atoms with van der Waals surface area (Å²) < 4.78 is 42.0. The van der Waals surface area contributed by atoms with E-state index in [4.69, 9.17) is 9.47 Å². The molecule has 0 amide bonds. The summed E-state index contributed by atoms with van der Waals surface area (Å²) in [6.45, 7) is 15.2. The summed E-state index contributed by atoms with van der Waals surface area (Å²) in [5, 5.41) is 4.46. The lowest BCUT2D eigenvalue weighted by Crippen LogP contribution is -2.29. The molecule has 0 aliphatic rings. The normalized spacial score (nSPS) is 13.6. The first-order valence-electron chi connectivity index (χ1n) is 9.71. The Morgan fingerprint density at radius 3 is 2.21 bits per heavy atom. The van der Waals surface area contributed by atoms with Gasteiger partial charge in [-0.15, -0.1) is 0 Å². The van der Waals surface area contributed by atoms with Crippen molar-refractivity contribution in [2.75, 3.05) is 7.11 Å². The number of rotatable bonds is 7. The zero-order valence-corrected chi connectivity index (χ0v) is 19.6. The van der Waals surface area contributed by atoms with Gasteiger partial charge in [-0.2, -0.15) is 5.10 Å². The number of aryl methyl sites for hydroxylation is 1. The Balaban J connectivity index is 2.35. The van der Waals surface area contributed by atoms with Crippen molar-refractivity contribution in [2.45, 2.75) is 78.0 Å². The van der Waals surface area contributed by atoms with Gasteiger partial charge in [-0.05, 0) is 73.1 Å². The van der Waals surface area contributed by atoms with Crippen LogP contribution in [0.3, 0.4) is 0 Å². The number of ether oxygens (including phenoxy) is 2. The van der Waals surface area contributed by atoms with E-state index in [1.807, 2.05) is 40.7 Å². The highest BCUT2D eigenvalue weighted by atomic mass is 32.2. The summed E-state index contributed by atoms with van der Waals surface area (Å²) in [5.41, 5.74) is 1.57. The quantitative estimate of drug-likeness (QED) is 0.725. The van der Waals surface area contributed by atoms with Crippen LogP contribution in [0.2, 0.25) is 0 Å². The predicted octanol–water partition coefficient (Wildman–Crippen LogP) is 4.09. The van der Waals surface area contributed by atoms with Gasteiger partial charge in [0.05, 0.1) is 30.1 Å². The second kappa shape index (κ2) is 8.36. The molecule has 0 spiro atoms. The van der Waals surface area contributed by atoms with Gasteiger partial charge in [0.15, 0.2) is 11.5 Å². The van der Waals surface area contributed by atoms with Crippen LogP contribution < -0.4 is 14.2 Å². The second-order valence-electron chi connectivity index (χ2n) is 8.50. The van der Waals surface area contributed by atoms with Gasteiger partial charge < -0.3 is 9.47 Å². The topological polar surface area (TPSA) is 82.5 Å². The minimum atomic E-state index is -3.76. The smallest absolute Gasteiger partial charge is 0.244 e. The van der Waals surface area contributed by atoms with Gasteiger partial charge in [-0.3, -0.25) is 4.68 Å². The number of nitrogens with one attached hydrogen (secondary N) is 1. The summed E-state index contributed by atoms with van der Waals surface area (Å²) >= 11 is 0. The molecular formula is C21H33N3O4S. The lowest BCUT2D eigenvalue weighted by atomic mass is 10.1. The van der Waals surface area contributed by atoms with Crippen LogP contribution in [0.5, 0.6) is 11.5 Å². The molecule has 1 aromatic heterocycles. The van der Waals surface area contributed by atoms with Gasteiger partial charge in [-0.1, -0.05) is 6.07 Å². The van der Waals surface area contributed by atoms with Crippen LogP contribution in [0.4, 0.5) is 0 Å². The summed E-state index contributed by atoms with van der Waals surface area (Å²) in [6.07, 6.45) is 0.0102. The molecule has 29 heavy (non-hydrogen) atoms. The molecule has 2 aromatic rings. The van der Waals surface area contributed by atoms with Crippen LogP contribution in [0.15, 0.2) is 23.1 Å². The van der Waals surface area contributed by atoms with Gasteiger partial charge in [0.25, 0.3) is 0 Å². The van der Waals surface area contributed by atoms with Crippen LogP contribution in [0, 0.1) is 13.8 Å². The number of nitrogens with zero attached hydrogens (tertiary/aromatic N) is 2. The van der Waals surface area contributed by atoms with Gasteiger partial charge in [-0.25, -0.2) is 13.1 Å². The summed E-state index contributed by atoms with van der Waals surface area (Å²) in [4.78, 5) is 0.228. The van der Waals surface area contributed by atoms with Crippen LogP contribution in [-0.2, 0) is 15.6 Å². The Hall–Kier alpha value is -2.06. The molecule has 1 unspecified atom stereocenters. The molecule has 8 heteroatoms. The van der Waals surface area contributed by atoms with Crippen molar-refractivity contribution in [1.29, 1.82) is 0 Å². The third kappa shape index (κ3) is 5.11. The maximum absolute atomic E-state index is 13.1. The predicted molar refractivity (Wildman–Crippen MR) is 114 cm³/mol. The molecule has 1 atom stereocenters. The fourth-order valence-electron chi connectivity index (χ4n) is 3.33. The summed E-state index contributed by atoms with van der Waals surface area (Å²) in [7, 11) is -2.20. The molecule has 0 radical (unpaired) electrons.